The van der Waals surface area contributed by atoms with E-state index in [1.54, 1.807) is 6.20 Å². The predicted octanol–water partition coefficient (Wildman–Crippen LogP) is 4.40. The number of anilines is 1. The normalized spacial score (nSPS) is 11.2. The van der Waals surface area contributed by atoms with E-state index < -0.39 is 0 Å². The molecule has 0 spiro atoms. The molecule has 4 aromatic rings. The van der Waals surface area contributed by atoms with Crippen molar-refractivity contribution in [3.05, 3.63) is 60.3 Å². The first-order chi connectivity index (χ1) is 14.5. The van der Waals surface area contributed by atoms with Crippen molar-refractivity contribution in [3.8, 4) is 34.3 Å². The number of hydrogen-bond acceptors (Lipinski definition) is 8. The van der Waals surface area contributed by atoms with E-state index in [1.165, 1.54) is 4.90 Å². The highest BCUT2D eigenvalue weighted by Crippen LogP contribution is 2.29. The molecule has 0 unspecified atom stereocenters. The molecule has 2 aromatic carbocycles. The lowest BCUT2D eigenvalue weighted by atomic mass is 10.1. The largest absolute Gasteiger partial charge is 0.414 e. The van der Waals surface area contributed by atoms with Crippen molar-refractivity contribution < 1.29 is 4.42 Å². The standard InChI is InChI=1S/C22H22N6OS/c1-13(2)30-17-8-6-15(7-9-17)18-12-25-20(24)19(26-18)22-28-27-21(29-22)16-5-3-4-14(10-16)11-23/h3-10,12-13H,11,23H2,1-2H3,(H2,24,25). The molecular weight excluding hydrogens is 396 g/mol. The lowest BCUT2D eigenvalue weighted by Gasteiger charge is -2.07. The fraction of sp³-hybridized carbons (Fsp3) is 0.182. The second-order valence-electron chi connectivity index (χ2n) is 7.00. The molecule has 0 bridgehead atoms. The minimum atomic E-state index is 0.224. The molecule has 0 atom stereocenters. The maximum absolute atomic E-state index is 6.05. The number of nitrogens with two attached hydrogens (primary N) is 2. The summed E-state index contributed by atoms with van der Waals surface area (Å²) in [6.45, 7) is 4.77. The maximum Gasteiger partial charge on any atom is 0.270 e. The van der Waals surface area contributed by atoms with Gasteiger partial charge in [0.25, 0.3) is 5.89 Å². The Kier molecular flexibility index (Phi) is 5.78. The van der Waals surface area contributed by atoms with E-state index in [9.17, 15) is 0 Å². The maximum atomic E-state index is 6.05. The van der Waals surface area contributed by atoms with Gasteiger partial charge in [-0.05, 0) is 29.8 Å². The van der Waals surface area contributed by atoms with Gasteiger partial charge in [-0.15, -0.1) is 22.0 Å². The summed E-state index contributed by atoms with van der Waals surface area (Å²) in [6, 6.07) is 15.8. The van der Waals surface area contributed by atoms with Gasteiger partial charge in [0.15, 0.2) is 11.5 Å². The van der Waals surface area contributed by atoms with Crippen LogP contribution in [0.1, 0.15) is 19.4 Å². The number of nitrogen functional groups attached to an aromatic ring is 1. The Labute approximate surface area is 179 Å². The predicted molar refractivity (Wildman–Crippen MR) is 119 cm³/mol. The number of benzene rings is 2. The molecule has 152 valence electrons. The second kappa shape index (κ2) is 8.64. The van der Waals surface area contributed by atoms with Gasteiger partial charge in [0.2, 0.25) is 5.89 Å². The van der Waals surface area contributed by atoms with E-state index in [1.807, 2.05) is 48.2 Å². The summed E-state index contributed by atoms with van der Waals surface area (Å²) in [5.74, 6) is 0.834. The van der Waals surface area contributed by atoms with Crippen molar-refractivity contribution in [1.82, 2.24) is 20.2 Å². The lowest BCUT2D eigenvalue weighted by Crippen LogP contribution is -1.99. The first-order valence-electron chi connectivity index (χ1n) is 9.56. The molecule has 4 N–H and O–H groups in total. The minimum absolute atomic E-state index is 0.224. The molecule has 0 saturated heterocycles. The molecule has 0 radical (unpaired) electrons. The summed E-state index contributed by atoms with van der Waals surface area (Å²) in [6.07, 6.45) is 1.64. The minimum Gasteiger partial charge on any atom is -0.414 e. The van der Waals surface area contributed by atoms with Crippen LogP contribution in [-0.4, -0.2) is 25.4 Å². The van der Waals surface area contributed by atoms with Crippen molar-refractivity contribution in [2.75, 3.05) is 5.73 Å². The summed E-state index contributed by atoms with van der Waals surface area (Å²) in [7, 11) is 0. The van der Waals surface area contributed by atoms with Gasteiger partial charge < -0.3 is 15.9 Å². The highest BCUT2D eigenvalue weighted by molar-refractivity contribution is 7.99. The summed E-state index contributed by atoms with van der Waals surface area (Å²) >= 11 is 1.81. The van der Waals surface area contributed by atoms with Crippen LogP contribution < -0.4 is 11.5 Å². The van der Waals surface area contributed by atoms with Crippen LogP contribution in [0.4, 0.5) is 5.82 Å². The van der Waals surface area contributed by atoms with Crippen molar-refractivity contribution in [1.29, 1.82) is 0 Å². The lowest BCUT2D eigenvalue weighted by molar-refractivity contribution is 0.582. The fourth-order valence-corrected chi connectivity index (χ4v) is 3.78. The second-order valence-corrected chi connectivity index (χ2v) is 8.65. The van der Waals surface area contributed by atoms with Gasteiger partial charge >= 0.3 is 0 Å². The highest BCUT2D eigenvalue weighted by Gasteiger charge is 2.17. The van der Waals surface area contributed by atoms with Crippen LogP contribution in [0.2, 0.25) is 0 Å². The molecule has 0 saturated carbocycles. The number of thioether (sulfide) groups is 1. The van der Waals surface area contributed by atoms with Crippen LogP contribution in [0.5, 0.6) is 0 Å². The highest BCUT2D eigenvalue weighted by atomic mass is 32.2. The van der Waals surface area contributed by atoms with Gasteiger partial charge in [-0.25, -0.2) is 9.97 Å². The average molecular weight is 419 g/mol. The number of rotatable bonds is 6. The zero-order chi connectivity index (χ0) is 21.1. The van der Waals surface area contributed by atoms with Gasteiger partial charge in [0.1, 0.15) is 0 Å². The third-order valence-electron chi connectivity index (χ3n) is 4.36. The van der Waals surface area contributed by atoms with E-state index in [4.69, 9.17) is 15.9 Å². The van der Waals surface area contributed by atoms with Crippen molar-refractivity contribution in [2.24, 2.45) is 5.73 Å². The Morgan fingerprint density at radius 1 is 1.00 bits per heavy atom. The fourth-order valence-electron chi connectivity index (χ4n) is 2.94. The zero-order valence-electron chi connectivity index (χ0n) is 16.7. The zero-order valence-corrected chi connectivity index (χ0v) is 17.6. The van der Waals surface area contributed by atoms with Gasteiger partial charge in [-0.1, -0.05) is 38.1 Å². The number of nitrogens with zero attached hydrogens (tertiary/aromatic N) is 4. The average Bonchev–Trinajstić information content (AvgIpc) is 3.24. The van der Waals surface area contributed by atoms with Crippen LogP contribution in [0.25, 0.3) is 34.3 Å². The van der Waals surface area contributed by atoms with E-state index >= 15 is 0 Å². The molecule has 7 nitrogen and oxygen atoms in total. The molecule has 0 aliphatic carbocycles. The summed E-state index contributed by atoms with van der Waals surface area (Å²) in [4.78, 5) is 10.1. The van der Waals surface area contributed by atoms with Gasteiger partial charge in [-0.2, -0.15) is 0 Å². The molecule has 8 heteroatoms. The van der Waals surface area contributed by atoms with Crippen molar-refractivity contribution in [3.63, 3.8) is 0 Å². The molecule has 30 heavy (non-hydrogen) atoms. The Bertz CT molecular complexity index is 1160. The van der Waals surface area contributed by atoms with Crippen LogP contribution in [-0.2, 0) is 6.54 Å². The van der Waals surface area contributed by atoms with Gasteiger partial charge in [0, 0.05) is 27.8 Å². The monoisotopic (exact) mass is 418 g/mol. The van der Waals surface area contributed by atoms with E-state index in [0.29, 0.717) is 29.1 Å². The van der Waals surface area contributed by atoms with Crippen molar-refractivity contribution >= 4 is 17.6 Å². The molecular formula is C22H22N6OS. The van der Waals surface area contributed by atoms with Crippen LogP contribution in [0, 0.1) is 0 Å². The first-order valence-corrected chi connectivity index (χ1v) is 10.4. The molecule has 0 aliphatic rings. The SMILES string of the molecule is CC(C)Sc1ccc(-c2cnc(N)c(-c3nnc(-c4cccc(CN)c4)o3)n2)cc1. The molecule has 4 rings (SSSR count). The third kappa shape index (κ3) is 4.34. The summed E-state index contributed by atoms with van der Waals surface area (Å²) in [5, 5.41) is 8.79. The molecule has 0 aliphatic heterocycles. The van der Waals surface area contributed by atoms with E-state index in [-0.39, 0.29) is 11.7 Å². The van der Waals surface area contributed by atoms with Crippen LogP contribution in [0.3, 0.4) is 0 Å². The van der Waals surface area contributed by atoms with Gasteiger partial charge in [0.05, 0.1) is 11.9 Å². The molecule has 0 amide bonds. The quantitative estimate of drug-likeness (QED) is 0.442. The Hall–Kier alpha value is -3.23. The first kappa shape index (κ1) is 20.1. The number of hydrogen-bond donors (Lipinski definition) is 2. The summed E-state index contributed by atoms with van der Waals surface area (Å²) in [5.41, 5.74) is 15.5. The smallest absolute Gasteiger partial charge is 0.270 e. The Morgan fingerprint density at radius 3 is 2.50 bits per heavy atom. The van der Waals surface area contributed by atoms with Gasteiger partial charge in [-0.3, -0.25) is 0 Å². The van der Waals surface area contributed by atoms with Crippen LogP contribution in [0.15, 0.2) is 64.0 Å². The molecule has 2 aromatic heterocycles. The topological polar surface area (TPSA) is 117 Å². The third-order valence-corrected chi connectivity index (χ3v) is 5.38. The Morgan fingerprint density at radius 2 is 1.77 bits per heavy atom. The van der Waals surface area contributed by atoms with Crippen molar-refractivity contribution in [2.45, 2.75) is 30.5 Å². The number of aromatic nitrogens is 4. The Balaban J connectivity index is 1.65. The molecule has 0 fully saturated rings. The van der Waals surface area contributed by atoms with E-state index in [2.05, 4.69) is 46.1 Å². The summed E-state index contributed by atoms with van der Waals surface area (Å²) < 4.78 is 5.84. The molecule has 2 heterocycles. The van der Waals surface area contributed by atoms with E-state index in [0.717, 1.165) is 16.7 Å². The van der Waals surface area contributed by atoms with Crippen LogP contribution >= 0.6 is 11.8 Å².